The minimum atomic E-state index is 0.420. The van der Waals surface area contributed by atoms with Gasteiger partial charge in [0.25, 0.3) is 0 Å². The molecule has 2 rings (SSSR count). The van der Waals surface area contributed by atoms with Crippen LogP contribution < -0.4 is 4.48 Å². The fraction of sp³-hybridized carbons (Fsp3) is 0.538. The molecule has 1 N–H and O–H groups in total. The molecule has 0 fully saturated rings. The van der Waals surface area contributed by atoms with Crippen molar-refractivity contribution in [3.05, 3.63) is 23.8 Å². The lowest BCUT2D eigenvalue weighted by Crippen LogP contribution is -2.56. The number of halogens is 1. The van der Waals surface area contributed by atoms with Gasteiger partial charge in [0, 0.05) is 12.0 Å². The molecule has 16 heavy (non-hydrogen) atoms. The molecule has 88 valence electrons. The highest BCUT2D eigenvalue weighted by atomic mass is 79.9. The van der Waals surface area contributed by atoms with Crippen LogP contribution in [0.15, 0.2) is 18.2 Å². The normalized spacial score (nSPS) is 22.8. The minimum absolute atomic E-state index is 0.420. The molecule has 1 atom stereocenters. The number of para-hydroxylation sites is 1. The van der Waals surface area contributed by atoms with Crippen molar-refractivity contribution < 1.29 is 5.11 Å². The zero-order valence-electron chi connectivity index (χ0n) is 9.91. The monoisotopic (exact) mass is 284 g/mol. The Morgan fingerprint density at radius 2 is 2.06 bits per heavy atom. The third-order valence-electron chi connectivity index (χ3n) is 3.86. The summed E-state index contributed by atoms with van der Waals surface area (Å²) in [6, 6.07) is 5.90. The fourth-order valence-electron chi connectivity index (χ4n) is 2.89. The van der Waals surface area contributed by atoms with E-state index in [-0.39, 0.29) is 0 Å². The topological polar surface area (TPSA) is 20.2 Å². The molecule has 1 aliphatic rings. The molecular weight excluding hydrogens is 266 g/mol. The Morgan fingerprint density at radius 1 is 1.38 bits per heavy atom. The first-order valence-electron chi connectivity index (χ1n) is 5.98. The Labute approximate surface area is 106 Å². The summed E-state index contributed by atoms with van der Waals surface area (Å²) in [7, 11) is 0. The number of nitrogens with zero attached hydrogens (tertiary/aromatic N) is 1. The lowest BCUT2D eigenvalue weighted by Gasteiger charge is -2.44. The van der Waals surface area contributed by atoms with E-state index >= 15 is 0 Å². The van der Waals surface area contributed by atoms with Gasteiger partial charge in [0.2, 0.25) is 0 Å². The highest BCUT2D eigenvalue weighted by Gasteiger charge is 2.41. The van der Waals surface area contributed by atoms with Gasteiger partial charge < -0.3 is 5.11 Å². The van der Waals surface area contributed by atoms with Crippen LogP contribution >= 0.6 is 15.9 Å². The van der Waals surface area contributed by atoms with Gasteiger partial charge in [0.05, 0.1) is 13.1 Å². The Balaban J connectivity index is 2.63. The molecule has 1 heterocycles. The number of fused-ring (bicyclic) bond motifs is 1. The average molecular weight is 285 g/mol. The first-order valence-corrected chi connectivity index (χ1v) is 6.89. The van der Waals surface area contributed by atoms with Crippen molar-refractivity contribution in [3.8, 4) is 5.75 Å². The lowest BCUT2D eigenvalue weighted by atomic mass is 9.98. The molecule has 0 saturated carbocycles. The summed E-state index contributed by atoms with van der Waals surface area (Å²) < 4.78 is 0.849. The smallest absolute Gasteiger partial charge is 0.179 e. The minimum Gasteiger partial charge on any atom is -0.503 e. The van der Waals surface area contributed by atoms with Crippen molar-refractivity contribution in [2.45, 2.75) is 31.6 Å². The Hall–Kier alpha value is -0.540. The zero-order chi connectivity index (χ0) is 11.8. The van der Waals surface area contributed by atoms with Crippen LogP contribution in [0.25, 0.3) is 0 Å². The summed E-state index contributed by atoms with van der Waals surface area (Å²) in [6.07, 6.45) is 2.19. The summed E-state index contributed by atoms with van der Waals surface area (Å²) in [4.78, 5) is 0.420. The predicted molar refractivity (Wildman–Crippen MR) is 72.0 cm³/mol. The van der Waals surface area contributed by atoms with E-state index < -0.39 is 0 Å². The third-order valence-corrected chi connectivity index (χ3v) is 5.10. The van der Waals surface area contributed by atoms with Crippen LogP contribution in [0.5, 0.6) is 5.75 Å². The second-order valence-corrected chi connectivity index (χ2v) is 5.48. The van der Waals surface area contributed by atoms with E-state index in [2.05, 4.69) is 35.8 Å². The van der Waals surface area contributed by atoms with Crippen molar-refractivity contribution in [3.63, 3.8) is 0 Å². The molecule has 0 aliphatic carbocycles. The Bertz CT molecular complexity index is 388. The van der Waals surface area contributed by atoms with Gasteiger partial charge in [0.15, 0.2) is 11.4 Å². The van der Waals surface area contributed by atoms with Crippen molar-refractivity contribution in [1.82, 2.24) is 4.48 Å². The first-order chi connectivity index (χ1) is 7.65. The van der Waals surface area contributed by atoms with E-state index in [1.807, 2.05) is 12.1 Å². The molecule has 1 aromatic carbocycles. The Morgan fingerprint density at radius 3 is 2.69 bits per heavy atom. The first kappa shape index (κ1) is 11.9. The molecule has 0 aromatic heterocycles. The van der Waals surface area contributed by atoms with Gasteiger partial charge in [-0.15, -0.1) is 0 Å². The molecule has 0 amide bonds. The van der Waals surface area contributed by atoms with Gasteiger partial charge in [-0.25, -0.2) is 0 Å². The standard InChI is InChI=1S/C13H18BrNO/c1-3-15(4-2)12(14)9-8-10-6-5-7-11(16)13(10)15/h5-7,12H,3-4,8-9H2,1-2H3/p+1. The van der Waals surface area contributed by atoms with E-state index in [9.17, 15) is 5.11 Å². The molecular formula is C13H19BrNO+. The molecule has 0 spiro atoms. The number of rotatable bonds is 2. The number of benzene rings is 1. The quantitative estimate of drug-likeness (QED) is 0.501. The van der Waals surface area contributed by atoms with Gasteiger partial charge in [-0.2, -0.15) is 0 Å². The molecule has 1 aliphatic heterocycles. The summed E-state index contributed by atoms with van der Waals surface area (Å²) in [5, 5.41) is 10.1. The maximum absolute atomic E-state index is 10.1. The van der Waals surface area contributed by atoms with Crippen LogP contribution in [-0.4, -0.2) is 23.1 Å². The van der Waals surface area contributed by atoms with Crippen molar-refractivity contribution in [1.29, 1.82) is 0 Å². The zero-order valence-corrected chi connectivity index (χ0v) is 11.5. The molecule has 2 nitrogen and oxygen atoms in total. The maximum atomic E-state index is 10.1. The predicted octanol–water partition coefficient (Wildman–Crippen LogP) is 3.41. The van der Waals surface area contributed by atoms with Crippen LogP contribution in [0.2, 0.25) is 0 Å². The second-order valence-electron chi connectivity index (χ2n) is 4.42. The summed E-state index contributed by atoms with van der Waals surface area (Å²) >= 11 is 3.80. The largest absolute Gasteiger partial charge is 0.503 e. The average Bonchev–Trinajstić information content (AvgIpc) is 2.30. The van der Waals surface area contributed by atoms with Crippen LogP contribution in [-0.2, 0) is 6.42 Å². The third kappa shape index (κ3) is 1.57. The fourth-order valence-corrected chi connectivity index (χ4v) is 3.90. The van der Waals surface area contributed by atoms with Gasteiger partial charge in [-0.3, -0.25) is 4.48 Å². The van der Waals surface area contributed by atoms with E-state index in [1.165, 1.54) is 5.56 Å². The van der Waals surface area contributed by atoms with Crippen molar-refractivity contribution >= 4 is 21.6 Å². The van der Waals surface area contributed by atoms with Crippen LogP contribution in [0.4, 0.5) is 5.69 Å². The SMILES string of the molecule is CC[N+]1(CC)c2c(O)cccc2CCC1Br. The number of aryl methyl sites for hydroxylation is 1. The number of quaternary nitrogens is 1. The Kier molecular flexibility index (Phi) is 3.27. The van der Waals surface area contributed by atoms with Gasteiger partial charge in [-0.1, -0.05) is 12.1 Å². The number of alkyl halides is 1. The van der Waals surface area contributed by atoms with Crippen molar-refractivity contribution in [2.24, 2.45) is 0 Å². The number of phenolic OH excluding ortho intramolecular Hbond substituents is 1. The molecule has 1 unspecified atom stereocenters. The lowest BCUT2D eigenvalue weighted by molar-refractivity contribution is 0.253. The van der Waals surface area contributed by atoms with Crippen LogP contribution in [0.3, 0.4) is 0 Å². The van der Waals surface area contributed by atoms with Crippen LogP contribution in [0, 0.1) is 0 Å². The van der Waals surface area contributed by atoms with Gasteiger partial charge in [0.1, 0.15) is 4.95 Å². The maximum Gasteiger partial charge on any atom is 0.179 e. The molecule has 3 heteroatoms. The molecule has 1 aromatic rings. The summed E-state index contributed by atoms with van der Waals surface area (Å²) in [5.74, 6) is 0.449. The molecule has 0 radical (unpaired) electrons. The summed E-state index contributed by atoms with van der Waals surface area (Å²) in [5.41, 5.74) is 2.43. The van der Waals surface area contributed by atoms with Crippen LogP contribution in [0.1, 0.15) is 25.8 Å². The van der Waals surface area contributed by atoms with E-state index in [4.69, 9.17) is 0 Å². The summed E-state index contributed by atoms with van der Waals surface area (Å²) in [6.45, 7) is 6.41. The number of hydrogen-bond acceptors (Lipinski definition) is 1. The second kappa shape index (κ2) is 4.38. The molecule has 0 saturated heterocycles. The van der Waals surface area contributed by atoms with E-state index in [1.54, 1.807) is 0 Å². The number of phenols is 1. The molecule has 0 bridgehead atoms. The highest BCUT2D eigenvalue weighted by Crippen LogP contribution is 2.44. The number of aromatic hydroxyl groups is 1. The van der Waals surface area contributed by atoms with E-state index in [0.29, 0.717) is 10.7 Å². The van der Waals surface area contributed by atoms with Gasteiger partial charge in [-0.05, 0) is 42.3 Å². The van der Waals surface area contributed by atoms with Crippen molar-refractivity contribution in [2.75, 3.05) is 13.1 Å². The van der Waals surface area contributed by atoms with E-state index in [0.717, 1.165) is 36.1 Å². The van der Waals surface area contributed by atoms with Gasteiger partial charge >= 0.3 is 0 Å². The number of hydrogen-bond donors (Lipinski definition) is 1. The highest BCUT2D eigenvalue weighted by molar-refractivity contribution is 9.09.